The van der Waals surface area contributed by atoms with Crippen LogP contribution in [0.25, 0.3) is 0 Å². The van der Waals surface area contributed by atoms with Crippen molar-refractivity contribution >= 4 is 43.8 Å². The zero-order valence-electron chi connectivity index (χ0n) is 23.1. The maximum atomic E-state index is 13.8. The molecule has 4 aromatic rings. The summed E-state index contributed by atoms with van der Waals surface area (Å²) in [5.41, 5.74) is 12.4. The molecule has 0 heterocycles. The number of hydrogen-bond acceptors (Lipinski definition) is 6. The lowest BCUT2D eigenvalue weighted by molar-refractivity contribution is -0.178. The van der Waals surface area contributed by atoms with Crippen LogP contribution in [0.1, 0.15) is 36.1 Å². The van der Waals surface area contributed by atoms with Crippen LogP contribution in [0.3, 0.4) is 0 Å². The molecule has 0 aliphatic heterocycles. The third-order valence-corrected chi connectivity index (χ3v) is 7.54. The molecule has 6 nitrogen and oxygen atoms in total. The molecule has 0 bridgehead atoms. The van der Waals surface area contributed by atoms with Crippen LogP contribution in [0.2, 0.25) is 0 Å². The minimum Gasteiger partial charge on any atom is -0.436 e. The molecule has 0 aromatic heterocycles. The molecule has 0 spiro atoms. The van der Waals surface area contributed by atoms with Crippen molar-refractivity contribution in [1.29, 1.82) is 0 Å². The molecule has 0 fully saturated rings. The molecule has 0 amide bonds. The number of rotatable bonds is 8. The second-order valence-corrected chi connectivity index (χ2v) is 11.6. The zero-order chi connectivity index (χ0) is 30.3. The third-order valence-electron chi connectivity index (χ3n) is 6.49. The Labute approximate surface area is 262 Å². The van der Waals surface area contributed by atoms with Gasteiger partial charge in [0.1, 0.15) is 0 Å². The van der Waals surface area contributed by atoms with Crippen molar-refractivity contribution in [2.75, 3.05) is 0 Å². The van der Waals surface area contributed by atoms with Crippen molar-refractivity contribution in [2.45, 2.75) is 25.0 Å². The molecule has 4 N–H and O–H groups in total. The van der Waals surface area contributed by atoms with Gasteiger partial charge >= 0.3 is 11.9 Å². The summed E-state index contributed by atoms with van der Waals surface area (Å²) in [6.45, 7) is 3.37. The van der Waals surface area contributed by atoms with Gasteiger partial charge in [0.25, 0.3) is 0 Å². The first-order valence-corrected chi connectivity index (χ1v) is 14.6. The summed E-state index contributed by atoms with van der Waals surface area (Å²) in [7, 11) is 0. The molecule has 0 saturated heterocycles. The fourth-order valence-electron chi connectivity index (χ4n) is 4.74. The van der Waals surface area contributed by atoms with Crippen molar-refractivity contribution in [1.82, 2.24) is 0 Å². The molecular formula is C34H30Br2N2O4. The maximum Gasteiger partial charge on any atom is 0.419 e. The summed E-state index contributed by atoms with van der Waals surface area (Å²) in [6.07, 6.45) is 3.22. The van der Waals surface area contributed by atoms with Gasteiger partial charge in [-0.25, -0.2) is 9.59 Å². The first-order valence-electron chi connectivity index (χ1n) is 13.0. The second-order valence-electron chi connectivity index (χ2n) is 9.77. The van der Waals surface area contributed by atoms with Gasteiger partial charge in [0.05, 0.1) is 0 Å². The second kappa shape index (κ2) is 13.2. The zero-order valence-corrected chi connectivity index (χ0v) is 26.3. The molecule has 2 unspecified atom stereocenters. The van der Waals surface area contributed by atoms with Crippen LogP contribution in [0.4, 0.5) is 0 Å². The number of halogens is 2. The van der Waals surface area contributed by atoms with E-state index in [2.05, 4.69) is 31.9 Å². The van der Waals surface area contributed by atoms with E-state index in [1.165, 1.54) is 0 Å². The Bertz CT molecular complexity index is 1470. The van der Waals surface area contributed by atoms with Crippen molar-refractivity contribution in [3.63, 3.8) is 0 Å². The van der Waals surface area contributed by atoms with E-state index in [4.69, 9.17) is 20.9 Å². The molecule has 0 aliphatic rings. The number of nitrogens with two attached hydrogens (primary N) is 2. The Hall–Kier alpha value is -4.14. The SMILES string of the molecule is C/C(N)=C/C(OC(=O)C(=O)OC(/C=C(/C)N)(c1ccccc1)c1ccc(Br)cc1)(c1ccccc1)c1ccc(Br)cc1. The molecule has 2 atom stereocenters. The predicted octanol–water partition coefficient (Wildman–Crippen LogP) is 7.21. The van der Waals surface area contributed by atoms with Gasteiger partial charge in [-0.1, -0.05) is 117 Å². The van der Waals surface area contributed by atoms with E-state index in [0.29, 0.717) is 33.6 Å². The summed E-state index contributed by atoms with van der Waals surface area (Å²) in [5.74, 6) is -2.42. The number of allylic oxidation sites excluding steroid dienone is 2. The van der Waals surface area contributed by atoms with Crippen molar-refractivity contribution < 1.29 is 19.1 Å². The van der Waals surface area contributed by atoms with E-state index in [-0.39, 0.29) is 0 Å². The van der Waals surface area contributed by atoms with Crippen LogP contribution < -0.4 is 11.5 Å². The molecule has 0 radical (unpaired) electrons. The average Bonchev–Trinajstić information content (AvgIpc) is 2.97. The Morgan fingerprint density at radius 2 is 0.833 bits per heavy atom. The lowest BCUT2D eigenvalue weighted by atomic mass is 9.85. The highest BCUT2D eigenvalue weighted by atomic mass is 79.9. The van der Waals surface area contributed by atoms with Gasteiger partial charge in [0.2, 0.25) is 0 Å². The van der Waals surface area contributed by atoms with Crippen LogP contribution in [-0.4, -0.2) is 11.9 Å². The third kappa shape index (κ3) is 6.83. The van der Waals surface area contributed by atoms with E-state index in [0.717, 1.165) is 8.95 Å². The first kappa shape index (κ1) is 30.8. The minimum atomic E-state index is -1.52. The lowest BCUT2D eigenvalue weighted by Gasteiger charge is -2.34. The van der Waals surface area contributed by atoms with E-state index in [1.807, 2.05) is 60.7 Å². The summed E-state index contributed by atoms with van der Waals surface area (Å²) in [5, 5.41) is 0. The smallest absolute Gasteiger partial charge is 0.419 e. The highest BCUT2D eigenvalue weighted by molar-refractivity contribution is 9.10. The number of benzene rings is 4. The van der Waals surface area contributed by atoms with E-state index in [9.17, 15) is 9.59 Å². The summed E-state index contributed by atoms with van der Waals surface area (Å²) < 4.78 is 13.9. The fraction of sp³-hybridized carbons (Fsp3) is 0.118. The van der Waals surface area contributed by atoms with Gasteiger partial charge in [-0.15, -0.1) is 0 Å². The largest absolute Gasteiger partial charge is 0.436 e. The molecule has 42 heavy (non-hydrogen) atoms. The quantitative estimate of drug-likeness (QED) is 0.150. The maximum absolute atomic E-state index is 13.8. The monoisotopic (exact) mass is 688 g/mol. The van der Waals surface area contributed by atoms with Gasteiger partial charge < -0.3 is 20.9 Å². The van der Waals surface area contributed by atoms with Crippen LogP contribution in [-0.2, 0) is 30.3 Å². The Kier molecular flexibility index (Phi) is 9.70. The number of esters is 2. The predicted molar refractivity (Wildman–Crippen MR) is 171 cm³/mol. The lowest BCUT2D eigenvalue weighted by Crippen LogP contribution is -2.40. The molecular weight excluding hydrogens is 660 g/mol. The van der Waals surface area contributed by atoms with Crippen LogP contribution >= 0.6 is 31.9 Å². The van der Waals surface area contributed by atoms with Crippen molar-refractivity contribution in [2.24, 2.45) is 11.5 Å². The average molecular weight is 690 g/mol. The van der Waals surface area contributed by atoms with Gasteiger partial charge in [0.15, 0.2) is 11.2 Å². The standard InChI is InChI=1S/C34H30Br2N2O4/c1-23(37)21-33(25-9-5-3-6-10-25,27-13-17-29(35)18-14-27)41-31(39)32(40)42-34(22-24(2)38,26-11-7-4-8-12-26)28-15-19-30(36)20-16-28/h3-22H,37-38H2,1-2H3/b23-21-,24-22-. The molecule has 214 valence electrons. The molecule has 4 rings (SSSR count). The summed E-state index contributed by atoms with van der Waals surface area (Å²) in [4.78, 5) is 27.6. The van der Waals surface area contributed by atoms with Gasteiger partial charge in [-0.05, 0) is 50.3 Å². The van der Waals surface area contributed by atoms with Crippen LogP contribution in [0.5, 0.6) is 0 Å². The topological polar surface area (TPSA) is 105 Å². The van der Waals surface area contributed by atoms with Gasteiger partial charge in [-0.2, -0.15) is 0 Å². The van der Waals surface area contributed by atoms with Gasteiger partial charge in [-0.3, -0.25) is 0 Å². The Balaban J connectivity index is 1.84. The van der Waals surface area contributed by atoms with Crippen LogP contribution in [0, 0.1) is 0 Å². The molecule has 0 saturated carbocycles. The number of hydrogen-bond donors (Lipinski definition) is 2. The highest BCUT2D eigenvalue weighted by Crippen LogP contribution is 2.39. The van der Waals surface area contributed by atoms with E-state index >= 15 is 0 Å². The normalized spacial score (nSPS) is 14.8. The number of carbonyl (C=O) groups excluding carboxylic acids is 2. The first-order chi connectivity index (χ1) is 20.1. The summed E-state index contributed by atoms with van der Waals surface area (Å²) >= 11 is 6.91. The van der Waals surface area contributed by atoms with Crippen molar-refractivity contribution in [3.8, 4) is 0 Å². The van der Waals surface area contributed by atoms with Crippen molar-refractivity contribution in [3.05, 3.63) is 164 Å². The number of ether oxygens (including phenoxy) is 2. The van der Waals surface area contributed by atoms with E-state index in [1.54, 1.807) is 74.5 Å². The molecule has 4 aromatic carbocycles. The van der Waals surface area contributed by atoms with Crippen LogP contribution in [0.15, 0.2) is 142 Å². The highest BCUT2D eigenvalue weighted by Gasteiger charge is 2.43. The molecule has 0 aliphatic carbocycles. The summed E-state index contributed by atoms with van der Waals surface area (Å²) in [6, 6.07) is 32.6. The minimum absolute atomic E-state index is 0.387. The Morgan fingerprint density at radius 3 is 1.12 bits per heavy atom. The van der Waals surface area contributed by atoms with Gasteiger partial charge in [0, 0.05) is 42.6 Å². The molecule has 8 heteroatoms. The van der Waals surface area contributed by atoms with E-state index < -0.39 is 23.1 Å². The number of carbonyl (C=O) groups is 2. The Morgan fingerprint density at radius 1 is 0.548 bits per heavy atom. The fourth-order valence-corrected chi connectivity index (χ4v) is 5.27.